The van der Waals surface area contributed by atoms with E-state index in [2.05, 4.69) is 35.2 Å². The Morgan fingerprint density at radius 2 is 2.10 bits per heavy atom. The summed E-state index contributed by atoms with van der Waals surface area (Å²) < 4.78 is 5.31. The van der Waals surface area contributed by atoms with Crippen molar-refractivity contribution in [3.05, 3.63) is 35.5 Å². The number of thioether (sulfide) groups is 1. The predicted molar refractivity (Wildman–Crippen MR) is 88.9 cm³/mol. The maximum Gasteiger partial charge on any atom is 0.318 e. The molecule has 0 bridgehead atoms. The molecule has 2 aromatic rings. The quantitative estimate of drug-likeness (QED) is 0.776. The van der Waals surface area contributed by atoms with Crippen LogP contribution in [0.15, 0.2) is 35.4 Å². The number of nitrogens with one attached hydrogen (secondary N) is 1. The standard InChI is InChI=1S/C15H18ClN3OS/c1-4-20-15-17-9-11(16)14(19-15)18-12-7-5-6-8-13(12)21-10(2)3/h5-10H,4H2,1-3H3,(H,17,18,19). The van der Waals surface area contributed by atoms with E-state index in [9.17, 15) is 0 Å². The lowest BCUT2D eigenvalue weighted by Crippen LogP contribution is -2.02. The number of anilines is 2. The van der Waals surface area contributed by atoms with Crippen molar-refractivity contribution in [3.63, 3.8) is 0 Å². The molecule has 4 nitrogen and oxygen atoms in total. The monoisotopic (exact) mass is 323 g/mol. The van der Waals surface area contributed by atoms with Crippen LogP contribution in [0.3, 0.4) is 0 Å². The summed E-state index contributed by atoms with van der Waals surface area (Å²) in [6.07, 6.45) is 1.54. The maximum atomic E-state index is 6.15. The fraction of sp³-hybridized carbons (Fsp3) is 0.333. The fourth-order valence-corrected chi connectivity index (χ4v) is 2.74. The van der Waals surface area contributed by atoms with E-state index in [1.54, 1.807) is 18.0 Å². The molecule has 0 saturated heterocycles. The molecule has 0 aliphatic carbocycles. The Balaban J connectivity index is 2.27. The van der Waals surface area contributed by atoms with Crippen molar-refractivity contribution >= 4 is 34.9 Å². The minimum atomic E-state index is 0.318. The third-order valence-electron chi connectivity index (χ3n) is 2.50. The lowest BCUT2D eigenvalue weighted by Gasteiger charge is -2.13. The van der Waals surface area contributed by atoms with Gasteiger partial charge in [0.1, 0.15) is 5.02 Å². The number of halogens is 1. The summed E-state index contributed by atoms with van der Waals surface area (Å²) in [4.78, 5) is 9.48. The molecule has 0 spiro atoms. The molecule has 0 fully saturated rings. The van der Waals surface area contributed by atoms with Gasteiger partial charge in [-0.15, -0.1) is 11.8 Å². The molecule has 112 valence electrons. The molecule has 21 heavy (non-hydrogen) atoms. The highest BCUT2D eigenvalue weighted by molar-refractivity contribution is 8.00. The molecule has 2 rings (SSSR count). The number of rotatable bonds is 6. The molecule has 1 heterocycles. The molecule has 0 atom stereocenters. The van der Waals surface area contributed by atoms with Gasteiger partial charge in [-0.1, -0.05) is 37.6 Å². The first-order valence-electron chi connectivity index (χ1n) is 6.78. The maximum absolute atomic E-state index is 6.15. The number of hydrogen-bond acceptors (Lipinski definition) is 5. The molecule has 1 aromatic heterocycles. The zero-order valence-electron chi connectivity index (χ0n) is 12.3. The Kier molecular flexibility index (Phi) is 5.70. The number of hydrogen-bond donors (Lipinski definition) is 1. The van der Waals surface area contributed by atoms with Crippen LogP contribution < -0.4 is 10.1 Å². The van der Waals surface area contributed by atoms with E-state index in [0.717, 1.165) is 10.6 Å². The van der Waals surface area contributed by atoms with Crippen LogP contribution in [-0.2, 0) is 0 Å². The van der Waals surface area contributed by atoms with Crippen molar-refractivity contribution in [2.24, 2.45) is 0 Å². The smallest absolute Gasteiger partial charge is 0.318 e. The van der Waals surface area contributed by atoms with Crippen molar-refractivity contribution in [3.8, 4) is 6.01 Å². The third kappa shape index (κ3) is 4.51. The van der Waals surface area contributed by atoms with Gasteiger partial charge >= 0.3 is 6.01 Å². The molecule has 6 heteroatoms. The number of aromatic nitrogens is 2. The van der Waals surface area contributed by atoms with Gasteiger partial charge in [0, 0.05) is 10.1 Å². The van der Waals surface area contributed by atoms with E-state index in [4.69, 9.17) is 16.3 Å². The molecule has 1 N–H and O–H groups in total. The van der Waals surface area contributed by atoms with Crippen LogP contribution in [0.1, 0.15) is 20.8 Å². The average Bonchev–Trinajstić information content (AvgIpc) is 2.44. The topological polar surface area (TPSA) is 47.0 Å². The first kappa shape index (κ1) is 15.9. The Labute approximate surface area is 134 Å². The van der Waals surface area contributed by atoms with Gasteiger partial charge in [-0.3, -0.25) is 0 Å². The highest BCUT2D eigenvalue weighted by atomic mass is 35.5. The summed E-state index contributed by atoms with van der Waals surface area (Å²) >= 11 is 7.94. The van der Waals surface area contributed by atoms with Crippen molar-refractivity contribution in [2.45, 2.75) is 30.9 Å². The summed E-state index contributed by atoms with van der Waals surface area (Å²) in [5.41, 5.74) is 0.972. The Bertz CT molecular complexity index is 607. The molecule has 0 unspecified atom stereocenters. The predicted octanol–water partition coefficient (Wildman–Crippen LogP) is 4.77. The van der Waals surface area contributed by atoms with E-state index in [0.29, 0.717) is 28.7 Å². The lowest BCUT2D eigenvalue weighted by atomic mass is 10.3. The van der Waals surface area contributed by atoms with Gasteiger partial charge in [0.2, 0.25) is 0 Å². The molecule has 0 aliphatic heterocycles. The first-order chi connectivity index (χ1) is 10.1. The molecule has 0 amide bonds. The van der Waals surface area contributed by atoms with Crippen LogP contribution >= 0.6 is 23.4 Å². The summed E-state index contributed by atoms with van der Waals surface area (Å²) in [7, 11) is 0. The molecule has 0 radical (unpaired) electrons. The highest BCUT2D eigenvalue weighted by Gasteiger charge is 2.10. The number of benzene rings is 1. The number of para-hydroxylation sites is 1. The van der Waals surface area contributed by atoms with Crippen molar-refractivity contribution < 1.29 is 4.74 Å². The van der Waals surface area contributed by atoms with Crippen LogP contribution in [0.4, 0.5) is 11.5 Å². The van der Waals surface area contributed by atoms with Gasteiger partial charge < -0.3 is 10.1 Å². The van der Waals surface area contributed by atoms with Gasteiger partial charge in [-0.2, -0.15) is 4.98 Å². The van der Waals surface area contributed by atoms with Gasteiger partial charge in [0.25, 0.3) is 0 Å². The zero-order chi connectivity index (χ0) is 15.2. The highest BCUT2D eigenvalue weighted by Crippen LogP contribution is 2.33. The first-order valence-corrected chi connectivity index (χ1v) is 8.04. The van der Waals surface area contributed by atoms with E-state index >= 15 is 0 Å². The largest absolute Gasteiger partial charge is 0.464 e. The fourth-order valence-electron chi connectivity index (χ4n) is 1.69. The second-order valence-electron chi connectivity index (χ2n) is 4.57. The van der Waals surface area contributed by atoms with Gasteiger partial charge in [-0.05, 0) is 19.1 Å². The normalized spacial score (nSPS) is 10.7. The summed E-state index contributed by atoms with van der Waals surface area (Å²) in [6.45, 7) is 6.72. The Morgan fingerprint density at radius 1 is 1.33 bits per heavy atom. The summed E-state index contributed by atoms with van der Waals surface area (Å²) in [5.74, 6) is 0.548. The second kappa shape index (κ2) is 7.52. The van der Waals surface area contributed by atoms with Crippen LogP contribution in [0.25, 0.3) is 0 Å². The summed E-state index contributed by atoms with van der Waals surface area (Å²) in [6, 6.07) is 8.39. The Hall–Kier alpha value is -1.46. The average molecular weight is 324 g/mol. The Morgan fingerprint density at radius 3 is 2.81 bits per heavy atom. The van der Waals surface area contributed by atoms with E-state index in [1.165, 1.54) is 0 Å². The van der Waals surface area contributed by atoms with Crippen LogP contribution in [0, 0.1) is 0 Å². The van der Waals surface area contributed by atoms with Gasteiger partial charge in [0.05, 0.1) is 18.5 Å². The van der Waals surface area contributed by atoms with Crippen LogP contribution in [0.5, 0.6) is 6.01 Å². The number of ether oxygens (including phenoxy) is 1. The molecule has 0 aliphatic rings. The van der Waals surface area contributed by atoms with Crippen molar-refractivity contribution in [2.75, 3.05) is 11.9 Å². The molecule has 0 saturated carbocycles. The SMILES string of the molecule is CCOc1ncc(Cl)c(Nc2ccccc2SC(C)C)n1. The van der Waals surface area contributed by atoms with Crippen LogP contribution in [0.2, 0.25) is 5.02 Å². The van der Waals surface area contributed by atoms with E-state index in [-0.39, 0.29) is 0 Å². The number of nitrogens with zero attached hydrogens (tertiary/aromatic N) is 2. The molecular formula is C15H18ClN3OS. The molecular weight excluding hydrogens is 306 g/mol. The molecule has 1 aromatic carbocycles. The zero-order valence-corrected chi connectivity index (χ0v) is 13.8. The van der Waals surface area contributed by atoms with Crippen molar-refractivity contribution in [1.82, 2.24) is 9.97 Å². The summed E-state index contributed by atoms with van der Waals surface area (Å²) in [5, 5.41) is 4.22. The lowest BCUT2D eigenvalue weighted by molar-refractivity contribution is 0.313. The van der Waals surface area contributed by atoms with Crippen LogP contribution in [-0.4, -0.2) is 21.8 Å². The van der Waals surface area contributed by atoms with Gasteiger partial charge in [0.15, 0.2) is 5.82 Å². The second-order valence-corrected chi connectivity index (χ2v) is 6.60. The van der Waals surface area contributed by atoms with E-state index in [1.807, 2.05) is 25.1 Å². The van der Waals surface area contributed by atoms with Gasteiger partial charge in [-0.25, -0.2) is 4.98 Å². The van der Waals surface area contributed by atoms with Crippen molar-refractivity contribution in [1.29, 1.82) is 0 Å². The van der Waals surface area contributed by atoms with E-state index < -0.39 is 0 Å². The minimum absolute atomic E-state index is 0.318. The third-order valence-corrected chi connectivity index (χ3v) is 3.86. The minimum Gasteiger partial charge on any atom is -0.464 e.